The van der Waals surface area contributed by atoms with E-state index < -0.39 is 10.0 Å². The fraction of sp³-hybridized carbons (Fsp3) is 0.200. The highest BCUT2D eigenvalue weighted by molar-refractivity contribution is 7.89. The Hall–Kier alpha value is -2.97. The third-order valence-corrected chi connectivity index (χ3v) is 6.15. The number of fused-ring (bicyclic) bond motifs is 1. The maximum Gasteiger partial charge on any atom is 0.240 e. The third kappa shape index (κ3) is 3.69. The third-order valence-electron chi connectivity index (χ3n) is 4.72. The number of sulfonamides is 1. The minimum Gasteiger partial charge on any atom is -0.326 e. The van der Waals surface area contributed by atoms with Crippen LogP contribution < -0.4 is 14.9 Å². The van der Waals surface area contributed by atoms with Gasteiger partial charge < -0.3 is 10.2 Å². The lowest BCUT2D eigenvalue weighted by molar-refractivity contribution is 0.588. The molecule has 8 heteroatoms. The van der Waals surface area contributed by atoms with Crippen LogP contribution in [0.25, 0.3) is 0 Å². The van der Waals surface area contributed by atoms with Crippen LogP contribution in [0.4, 0.5) is 23.1 Å². The Kier molecular flexibility index (Phi) is 4.97. The SMILES string of the molecule is CNS(=O)(=O)c1ccc(Nc2nccc(N3CCCc4ccccc43)n2)cc1. The summed E-state index contributed by atoms with van der Waals surface area (Å²) in [7, 11) is -2.06. The van der Waals surface area contributed by atoms with Crippen LogP contribution in [-0.2, 0) is 16.4 Å². The summed E-state index contributed by atoms with van der Waals surface area (Å²) in [6.45, 7) is 0.907. The van der Waals surface area contributed by atoms with Gasteiger partial charge in [-0.25, -0.2) is 18.1 Å². The number of benzene rings is 2. The van der Waals surface area contributed by atoms with Gasteiger partial charge in [-0.2, -0.15) is 4.98 Å². The van der Waals surface area contributed by atoms with Crippen LogP contribution in [0.1, 0.15) is 12.0 Å². The Balaban J connectivity index is 1.57. The second kappa shape index (κ2) is 7.57. The lowest BCUT2D eigenvalue weighted by Gasteiger charge is -2.30. The van der Waals surface area contributed by atoms with E-state index in [9.17, 15) is 8.42 Å². The molecule has 2 heterocycles. The van der Waals surface area contributed by atoms with Gasteiger partial charge in [-0.3, -0.25) is 0 Å². The number of anilines is 4. The van der Waals surface area contributed by atoms with Crippen LogP contribution in [0.5, 0.6) is 0 Å². The van der Waals surface area contributed by atoms with Crippen molar-refractivity contribution >= 4 is 33.2 Å². The highest BCUT2D eigenvalue weighted by Crippen LogP contribution is 2.32. The summed E-state index contributed by atoms with van der Waals surface area (Å²) in [6, 6.07) is 16.7. The Labute approximate surface area is 164 Å². The summed E-state index contributed by atoms with van der Waals surface area (Å²) in [6.07, 6.45) is 3.87. The predicted molar refractivity (Wildman–Crippen MR) is 110 cm³/mol. The first-order chi connectivity index (χ1) is 13.6. The van der Waals surface area contributed by atoms with Crippen molar-refractivity contribution in [1.82, 2.24) is 14.7 Å². The summed E-state index contributed by atoms with van der Waals surface area (Å²) in [4.78, 5) is 11.4. The average molecular weight is 395 g/mol. The molecule has 0 amide bonds. The first-order valence-corrected chi connectivity index (χ1v) is 10.5. The highest BCUT2D eigenvalue weighted by atomic mass is 32.2. The molecule has 0 atom stereocenters. The van der Waals surface area contributed by atoms with Crippen molar-refractivity contribution in [2.75, 3.05) is 23.8 Å². The summed E-state index contributed by atoms with van der Waals surface area (Å²) in [5, 5.41) is 3.14. The molecule has 0 saturated heterocycles. The maximum absolute atomic E-state index is 11.8. The second-order valence-corrected chi connectivity index (χ2v) is 8.37. The van der Waals surface area contributed by atoms with E-state index >= 15 is 0 Å². The van der Waals surface area contributed by atoms with Crippen LogP contribution in [0.3, 0.4) is 0 Å². The fourth-order valence-electron chi connectivity index (χ4n) is 3.30. The quantitative estimate of drug-likeness (QED) is 0.690. The molecule has 1 aliphatic rings. The van der Waals surface area contributed by atoms with E-state index in [1.165, 1.54) is 18.3 Å². The number of rotatable bonds is 5. The number of para-hydroxylation sites is 1. The van der Waals surface area contributed by atoms with Crippen LogP contribution in [0, 0.1) is 0 Å². The second-order valence-electron chi connectivity index (χ2n) is 6.48. The summed E-state index contributed by atoms with van der Waals surface area (Å²) in [5.41, 5.74) is 3.22. The Bertz CT molecular complexity index is 1080. The zero-order chi connectivity index (χ0) is 19.6. The van der Waals surface area contributed by atoms with Crippen molar-refractivity contribution < 1.29 is 8.42 Å². The van der Waals surface area contributed by atoms with Gasteiger partial charge in [0, 0.05) is 24.1 Å². The maximum atomic E-state index is 11.8. The molecule has 0 unspecified atom stereocenters. The lowest BCUT2D eigenvalue weighted by Crippen LogP contribution is -2.25. The van der Waals surface area contributed by atoms with Gasteiger partial charge in [0.15, 0.2) is 0 Å². The monoisotopic (exact) mass is 395 g/mol. The molecule has 28 heavy (non-hydrogen) atoms. The van der Waals surface area contributed by atoms with Crippen molar-refractivity contribution in [3.8, 4) is 0 Å². The van der Waals surface area contributed by atoms with Crippen LogP contribution in [-0.4, -0.2) is 32.0 Å². The first-order valence-electron chi connectivity index (χ1n) is 9.06. The summed E-state index contributed by atoms with van der Waals surface area (Å²) >= 11 is 0. The minimum absolute atomic E-state index is 0.208. The molecule has 7 nitrogen and oxygen atoms in total. The number of aryl methyl sites for hydroxylation is 1. The van der Waals surface area contributed by atoms with Crippen molar-refractivity contribution in [3.63, 3.8) is 0 Å². The molecule has 2 aromatic carbocycles. The van der Waals surface area contributed by atoms with Gasteiger partial charge in [0.1, 0.15) is 5.82 Å². The normalized spacial score (nSPS) is 13.8. The number of aromatic nitrogens is 2. The molecule has 0 aliphatic carbocycles. The Morgan fingerprint density at radius 2 is 1.82 bits per heavy atom. The standard InChI is InChI=1S/C20H21N5O2S/c1-21-28(26,27)17-10-8-16(9-11-17)23-20-22-13-12-19(24-20)25-14-4-6-15-5-2-3-7-18(15)25/h2-3,5,7-13,21H,4,6,14H2,1H3,(H,22,23,24). The Morgan fingerprint density at radius 1 is 1.04 bits per heavy atom. The van der Waals surface area contributed by atoms with Gasteiger partial charge in [-0.05, 0) is 61.9 Å². The van der Waals surface area contributed by atoms with Gasteiger partial charge in [0.25, 0.3) is 0 Å². The average Bonchev–Trinajstić information content (AvgIpc) is 2.74. The van der Waals surface area contributed by atoms with E-state index in [0.29, 0.717) is 11.6 Å². The van der Waals surface area contributed by atoms with Gasteiger partial charge in [-0.15, -0.1) is 0 Å². The first kappa shape index (κ1) is 18.4. The molecule has 0 saturated carbocycles. The molecule has 144 valence electrons. The fourth-order valence-corrected chi connectivity index (χ4v) is 4.03. The molecule has 0 bridgehead atoms. The Morgan fingerprint density at radius 3 is 2.61 bits per heavy atom. The number of hydrogen-bond donors (Lipinski definition) is 2. The highest BCUT2D eigenvalue weighted by Gasteiger charge is 2.19. The van der Waals surface area contributed by atoms with E-state index in [1.807, 2.05) is 12.1 Å². The van der Waals surface area contributed by atoms with Crippen LogP contribution in [0.15, 0.2) is 65.7 Å². The van der Waals surface area contributed by atoms with Crippen LogP contribution in [0.2, 0.25) is 0 Å². The van der Waals surface area contributed by atoms with E-state index in [0.717, 1.165) is 25.2 Å². The van der Waals surface area contributed by atoms with Crippen LogP contribution >= 0.6 is 0 Å². The number of nitrogens with zero attached hydrogens (tertiary/aromatic N) is 3. The van der Waals surface area contributed by atoms with Crippen molar-refractivity contribution in [3.05, 3.63) is 66.4 Å². The summed E-state index contributed by atoms with van der Waals surface area (Å²) in [5.74, 6) is 1.30. The molecule has 1 aliphatic heterocycles. The van der Waals surface area contributed by atoms with E-state index in [1.54, 1.807) is 30.5 Å². The molecule has 3 aromatic rings. The smallest absolute Gasteiger partial charge is 0.240 e. The van der Waals surface area contributed by atoms with Gasteiger partial charge >= 0.3 is 0 Å². The van der Waals surface area contributed by atoms with E-state index in [2.05, 4.69) is 43.1 Å². The number of nitrogens with one attached hydrogen (secondary N) is 2. The van der Waals surface area contributed by atoms with Crippen molar-refractivity contribution in [1.29, 1.82) is 0 Å². The van der Waals surface area contributed by atoms with Gasteiger partial charge in [0.2, 0.25) is 16.0 Å². The molecular formula is C20H21N5O2S. The topological polar surface area (TPSA) is 87.2 Å². The molecule has 1 aromatic heterocycles. The van der Waals surface area contributed by atoms with E-state index in [-0.39, 0.29) is 4.90 Å². The lowest BCUT2D eigenvalue weighted by atomic mass is 10.0. The largest absolute Gasteiger partial charge is 0.326 e. The van der Waals surface area contributed by atoms with Gasteiger partial charge in [0.05, 0.1) is 4.90 Å². The van der Waals surface area contributed by atoms with Crippen molar-refractivity contribution in [2.24, 2.45) is 0 Å². The molecule has 2 N–H and O–H groups in total. The minimum atomic E-state index is -3.45. The zero-order valence-corrected chi connectivity index (χ0v) is 16.3. The molecule has 0 spiro atoms. The molecule has 4 rings (SSSR count). The zero-order valence-electron chi connectivity index (χ0n) is 15.5. The molecule has 0 radical (unpaired) electrons. The van der Waals surface area contributed by atoms with Gasteiger partial charge in [-0.1, -0.05) is 18.2 Å². The predicted octanol–water partition coefficient (Wildman–Crippen LogP) is 3.21. The number of hydrogen-bond acceptors (Lipinski definition) is 6. The molecule has 0 fully saturated rings. The van der Waals surface area contributed by atoms with Crippen molar-refractivity contribution in [2.45, 2.75) is 17.7 Å². The van der Waals surface area contributed by atoms with E-state index in [4.69, 9.17) is 0 Å². The summed E-state index contributed by atoms with van der Waals surface area (Å²) < 4.78 is 26.0. The molecular weight excluding hydrogens is 374 g/mol.